The Balaban J connectivity index is 1.71. The standard InChI is InChI=1S/C12H23N3O/c1-2-15-8-4-5-10(15)9-14-12(16)11-6-3-7-13-11/h10-11,13H,2-9H2,1H3,(H,14,16)/t10?,11-/m0/s1. The van der Waals surface area contributed by atoms with E-state index in [0.717, 1.165) is 32.5 Å². The van der Waals surface area contributed by atoms with Gasteiger partial charge in [-0.1, -0.05) is 6.92 Å². The van der Waals surface area contributed by atoms with E-state index in [1.807, 2.05) is 0 Å². The highest BCUT2D eigenvalue weighted by Crippen LogP contribution is 2.15. The number of likely N-dealkylation sites (N-methyl/N-ethyl adjacent to an activating group) is 1. The van der Waals surface area contributed by atoms with Crippen LogP contribution in [0.2, 0.25) is 0 Å². The van der Waals surface area contributed by atoms with E-state index in [1.54, 1.807) is 0 Å². The van der Waals surface area contributed by atoms with Crippen LogP contribution >= 0.6 is 0 Å². The number of likely N-dealkylation sites (tertiary alicyclic amines) is 1. The molecule has 1 unspecified atom stereocenters. The normalized spacial score (nSPS) is 30.8. The predicted octanol–water partition coefficient (Wildman–Crippen LogP) is 0.339. The lowest BCUT2D eigenvalue weighted by Gasteiger charge is -2.23. The van der Waals surface area contributed by atoms with E-state index in [9.17, 15) is 4.79 Å². The van der Waals surface area contributed by atoms with Crippen LogP contribution in [-0.2, 0) is 4.79 Å². The van der Waals surface area contributed by atoms with E-state index in [-0.39, 0.29) is 11.9 Å². The number of carbonyl (C=O) groups excluding carboxylic acids is 1. The van der Waals surface area contributed by atoms with Crippen molar-refractivity contribution in [3.63, 3.8) is 0 Å². The number of amides is 1. The Morgan fingerprint density at radius 2 is 2.31 bits per heavy atom. The average Bonchev–Trinajstić information content (AvgIpc) is 2.96. The number of hydrogen-bond donors (Lipinski definition) is 2. The van der Waals surface area contributed by atoms with Gasteiger partial charge in [0.05, 0.1) is 6.04 Å². The van der Waals surface area contributed by atoms with Gasteiger partial charge in [-0.05, 0) is 45.3 Å². The lowest BCUT2D eigenvalue weighted by Crippen LogP contribution is -2.46. The quantitative estimate of drug-likeness (QED) is 0.725. The summed E-state index contributed by atoms with van der Waals surface area (Å²) >= 11 is 0. The molecule has 2 fully saturated rings. The molecule has 0 saturated carbocycles. The third kappa shape index (κ3) is 2.74. The van der Waals surface area contributed by atoms with Crippen LogP contribution in [0.4, 0.5) is 0 Å². The van der Waals surface area contributed by atoms with Crippen molar-refractivity contribution in [1.82, 2.24) is 15.5 Å². The zero-order valence-electron chi connectivity index (χ0n) is 10.2. The Labute approximate surface area is 97.8 Å². The fourth-order valence-corrected chi connectivity index (χ4v) is 2.79. The zero-order valence-corrected chi connectivity index (χ0v) is 10.2. The molecule has 2 atom stereocenters. The summed E-state index contributed by atoms with van der Waals surface area (Å²) in [5, 5.41) is 6.32. The number of nitrogens with one attached hydrogen (secondary N) is 2. The van der Waals surface area contributed by atoms with Gasteiger partial charge in [-0.3, -0.25) is 9.69 Å². The van der Waals surface area contributed by atoms with Crippen LogP contribution in [0.5, 0.6) is 0 Å². The van der Waals surface area contributed by atoms with Crippen LogP contribution < -0.4 is 10.6 Å². The summed E-state index contributed by atoms with van der Waals surface area (Å²) in [5.74, 6) is 0.195. The number of hydrogen-bond acceptors (Lipinski definition) is 3. The van der Waals surface area contributed by atoms with E-state index < -0.39 is 0 Å². The van der Waals surface area contributed by atoms with Gasteiger partial charge in [-0.15, -0.1) is 0 Å². The van der Waals surface area contributed by atoms with Crippen LogP contribution in [0.15, 0.2) is 0 Å². The topological polar surface area (TPSA) is 44.4 Å². The Hall–Kier alpha value is -0.610. The third-order valence-corrected chi connectivity index (χ3v) is 3.79. The van der Waals surface area contributed by atoms with Gasteiger partial charge in [-0.2, -0.15) is 0 Å². The molecule has 16 heavy (non-hydrogen) atoms. The number of carbonyl (C=O) groups is 1. The summed E-state index contributed by atoms with van der Waals surface area (Å²) in [6.45, 7) is 6.30. The maximum absolute atomic E-state index is 11.8. The summed E-state index contributed by atoms with van der Waals surface area (Å²) in [7, 11) is 0. The molecule has 92 valence electrons. The van der Waals surface area contributed by atoms with Gasteiger partial charge in [-0.25, -0.2) is 0 Å². The van der Waals surface area contributed by atoms with E-state index in [2.05, 4.69) is 22.5 Å². The molecule has 2 saturated heterocycles. The first-order valence-electron chi connectivity index (χ1n) is 6.56. The molecule has 0 aliphatic carbocycles. The number of nitrogens with zero attached hydrogens (tertiary/aromatic N) is 1. The second-order valence-electron chi connectivity index (χ2n) is 4.82. The molecule has 0 bridgehead atoms. The molecule has 0 aromatic carbocycles. The van der Waals surface area contributed by atoms with E-state index in [4.69, 9.17) is 0 Å². The highest BCUT2D eigenvalue weighted by Gasteiger charge is 2.26. The monoisotopic (exact) mass is 225 g/mol. The molecule has 4 heteroatoms. The molecular formula is C12H23N3O. The fourth-order valence-electron chi connectivity index (χ4n) is 2.79. The van der Waals surface area contributed by atoms with Crippen LogP contribution in [0, 0.1) is 0 Å². The molecule has 0 spiro atoms. The lowest BCUT2D eigenvalue weighted by atomic mass is 10.2. The van der Waals surface area contributed by atoms with Crippen LogP contribution in [0.25, 0.3) is 0 Å². The first-order valence-corrected chi connectivity index (χ1v) is 6.56. The van der Waals surface area contributed by atoms with E-state index >= 15 is 0 Å². The minimum absolute atomic E-state index is 0.0662. The van der Waals surface area contributed by atoms with Crippen LogP contribution in [-0.4, -0.2) is 49.1 Å². The highest BCUT2D eigenvalue weighted by atomic mass is 16.2. The Bertz CT molecular complexity index is 238. The molecule has 1 amide bonds. The third-order valence-electron chi connectivity index (χ3n) is 3.79. The van der Waals surface area contributed by atoms with Crippen LogP contribution in [0.3, 0.4) is 0 Å². The second-order valence-corrected chi connectivity index (χ2v) is 4.82. The molecule has 2 aliphatic rings. The van der Waals surface area contributed by atoms with Crippen molar-refractivity contribution in [3.05, 3.63) is 0 Å². The van der Waals surface area contributed by atoms with Crippen molar-refractivity contribution in [2.45, 2.75) is 44.7 Å². The molecule has 2 N–H and O–H groups in total. The van der Waals surface area contributed by atoms with Crippen molar-refractivity contribution in [3.8, 4) is 0 Å². The van der Waals surface area contributed by atoms with Crippen molar-refractivity contribution < 1.29 is 4.79 Å². The molecule has 2 aliphatic heterocycles. The maximum Gasteiger partial charge on any atom is 0.237 e. The molecule has 2 heterocycles. The summed E-state index contributed by atoms with van der Waals surface area (Å²) in [6.07, 6.45) is 4.62. The molecular weight excluding hydrogens is 202 g/mol. The summed E-state index contributed by atoms with van der Waals surface area (Å²) in [6, 6.07) is 0.631. The minimum atomic E-state index is 0.0662. The van der Waals surface area contributed by atoms with Crippen molar-refractivity contribution >= 4 is 5.91 Å². The first-order chi connectivity index (χ1) is 7.81. The molecule has 0 aromatic rings. The fraction of sp³-hybridized carbons (Fsp3) is 0.917. The Kier molecular flexibility index (Phi) is 4.18. The van der Waals surface area contributed by atoms with Gasteiger partial charge in [0.15, 0.2) is 0 Å². The van der Waals surface area contributed by atoms with Gasteiger partial charge in [0.2, 0.25) is 5.91 Å². The van der Waals surface area contributed by atoms with Crippen molar-refractivity contribution in [2.75, 3.05) is 26.2 Å². The van der Waals surface area contributed by atoms with Crippen molar-refractivity contribution in [1.29, 1.82) is 0 Å². The minimum Gasteiger partial charge on any atom is -0.353 e. The van der Waals surface area contributed by atoms with Gasteiger partial charge in [0.1, 0.15) is 0 Å². The molecule has 4 nitrogen and oxygen atoms in total. The molecule has 0 radical (unpaired) electrons. The Morgan fingerprint density at radius 1 is 1.44 bits per heavy atom. The Morgan fingerprint density at radius 3 is 3.00 bits per heavy atom. The lowest BCUT2D eigenvalue weighted by molar-refractivity contribution is -0.123. The smallest absolute Gasteiger partial charge is 0.237 e. The molecule has 0 aromatic heterocycles. The summed E-state index contributed by atoms with van der Waals surface area (Å²) in [4.78, 5) is 14.3. The summed E-state index contributed by atoms with van der Waals surface area (Å²) < 4.78 is 0. The first kappa shape index (κ1) is 11.9. The number of rotatable bonds is 4. The largest absolute Gasteiger partial charge is 0.353 e. The average molecular weight is 225 g/mol. The van der Waals surface area contributed by atoms with Gasteiger partial charge >= 0.3 is 0 Å². The zero-order chi connectivity index (χ0) is 11.4. The molecule has 2 rings (SSSR count). The second kappa shape index (κ2) is 5.64. The van der Waals surface area contributed by atoms with Gasteiger partial charge in [0, 0.05) is 12.6 Å². The predicted molar refractivity (Wildman–Crippen MR) is 64.3 cm³/mol. The SMILES string of the molecule is CCN1CCCC1CNC(=O)[C@@H]1CCCN1. The van der Waals surface area contributed by atoms with E-state index in [1.165, 1.54) is 19.4 Å². The highest BCUT2D eigenvalue weighted by molar-refractivity contribution is 5.82. The maximum atomic E-state index is 11.8. The van der Waals surface area contributed by atoms with Crippen LogP contribution in [0.1, 0.15) is 32.6 Å². The van der Waals surface area contributed by atoms with Gasteiger partial charge < -0.3 is 10.6 Å². The van der Waals surface area contributed by atoms with Gasteiger partial charge in [0.25, 0.3) is 0 Å². The summed E-state index contributed by atoms with van der Waals surface area (Å²) in [5.41, 5.74) is 0. The van der Waals surface area contributed by atoms with Crippen molar-refractivity contribution in [2.24, 2.45) is 0 Å². The van der Waals surface area contributed by atoms with E-state index in [0.29, 0.717) is 6.04 Å².